The predicted molar refractivity (Wildman–Crippen MR) is 162 cm³/mol. The van der Waals surface area contributed by atoms with Gasteiger partial charge in [-0.2, -0.15) is 0 Å². The van der Waals surface area contributed by atoms with Gasteiger partial charge in [0.1, 0.15) is 5.75 Å². The summed E-state index contributed by atoms with van der Waals surface area (Å²) >= 11 is 9.48. The molecule has 2 aromatic heterocycles. The Kier molecular flexibility index (Phi) is 7.41. The molecule has 0 bridgehead atoms. The van der Waals surface area contributed by atoms with Crippen molar-refractivity contribution in [3.05, 3.63) is 100 Å². The number of hydrogen-bond donors (Lipinski definition) is 2. The minimum atomic E-state index is -3.54. The van der Waals surface area contributed by atoms with Crippen LogP contribution in [-0.2, 0) is 10.0 Å². The van der Waals surface area contributed by atoms with E-state index in [0.29, 0.717) is 16.5 Å². The molecule has 2 N–H and O–H groups in total. The first-order valence-corrected chi connectivity index (χ1v) is 15.3. The summed E-state index contributed by atoms with van der Waals surface area (Å²) in [6.45, 7) is 4.18. The second-order valence-electron chi connectivity index (χ2n) is 9.40. The maximum atomic E-state index is 12.1. The molecule has 1 saturated heterocycles. The summed E-state index contributed by atoms with van der Waals surface area (Å²) in [4.78, 5) is 6.67. The molecular formula is C28H28BrN5O3S2. The predicted octanol–water partition coefficient (Wildman–Crippen LogP) is 5.81. The number of thiocarbonyl (C=S) groups is 1. The second kappa shape index (κ2) is 10.6. The van der Waals surface area contributed by atoms with E-state index in [1.165, 1.54) is 7.11 Å². The molecule has 202 valence electrons. The normalized spacial score (nSPS) is 17.3. The number of ether oxygens (including phenoxy) is 1. The van der Waals surface area contributed by atoms with Crippen LogP contribution >= 0.6 is 28.1 Å². The molecule has 0 saturated carbocycles. The van der Waals surface area contributed by atoms with Crippen molar-refractivity contribution < 1.29 is 13.2 Å². The first-order chi connectivity index (χ1) is 18.6. The van der Waals surface area contributed by atoms with Gasteiger partial charge in [0.2, 0.25) is 10.0 Å². The van der Waals surface area contributed by atoms with E-state index >= 15 is 0 Å². The highest BCUT2D eigenvalue weighted by atomic mass is 79.9. The average molecular weight is 627 g/mol. The minimum Gasteiger partial charge on any atom is -0.495 e. The van der Waals surface area contributed by atoms with Gasteiger partial charge in [-0.15, -0.1) is 0 Å². The molecule has 0 aliphatic carbocycles. The summed E-state index contributed by atoms with van der Waals surface area (Å²) in [6.07, 6.45) is 2.88. The van der Waals surface area contributed by atoms with E-state index in [2.05, 4.69) is 67.6 Å². The number of aryl methyl sites for hydroxylation is 1. The quantitative estimate of drug-likeness (QED) is 0.251. The van der Waals surface area contributed by atoms with E-state index < -0.39 is 10.0 Å². The van der Waals surface area contributed by atoms with Gasteiger partial charge in [-0.1, -0.05) is 28.1 Å². The van der Waals surface area contributed by atoms with Crippen molar-refractivity contribution >= 4 is 54.7 Å². The number of methoxy groups -OCH3 is 1. The highest BCUT2D eigenvalue weighted by Crippen LogP contribution is 2.45. The Balaban J connectivity index is 1.69. The fraction of sp³-hybridized carbons (Fsp3) is 0.214. The lowest BCUT2D eigenvalue weighted by molar-refractivity contribution is 0.417. The number of sulfonamides is 1. The third kappa shape index (κ3) is 5.39. The van der Waals surface area contributed by atoms with Crippen LogP contribution in [0.4, 0.5) is 11.4 Å². The van der Waals surface area contributed by atoms with Gasteiger partial charge in [0, 0.05) is 33.4 Å². The fourth-order valence-corrected chi connectivity index (χ4v) is 6.47. The molecule has 39 heavy (non-hydrogen) atoms. The summed E-state index contributed by atoms with van der Waals surface area (Å²) in [6, 6.07) is 21.0. The molecule has 11 heteroatoms. The van der Waals surface area contributed by atoms with E-state index in [0.717, 1.165) is 44.7 Å². The average Bonchev–Trinajstić information content (AvgIpc) is 3.38. The van der Waals surface area contributed by atoms with E-state index in [-0.39, 0.29) is 12.1 Å². The number of benzene rings is 2. The minimum absolute atomic E-state index is 0.247. The van der Waals surface area contributed by atoms with Gasteiger partial charge in [-0.05, 0) is 86.2 Å². The molecule has 0 spiro atoms. The van der Waals surface area contributed by atoms with Crippen LogP contribution in [0, 0.1) is 13.8 Å². The van der Waals surface area contributed by atoms with Gasteiger partial charge in [0.25, 0.3) is 0 Å². The van der Waals surface area contributed by atoms with Crippen LogP contribution in [0.2, 0.25) is 0 Å². The molecule has 0 amide bonds. The van der Waals surface area contributed by atoms with Gasteiger partial charge in [-0.3, -0.25) is 9.71 Å². The first kappa shape index (κ1) is 27.2. The maximum absolute atomic E-state index is 12.1. The Labute approximate surface area is 242 Å². The first-order valence-electron chi connectivity index (χ1n) is 12.2. The van der Waals surface area contributed by atoms with E-state index in [9.17, 15) is 8.42 Å². The van der Waals surface area contributed by atoms with Crippen molar-refractivity contribution in [1.82, 2.24) is 14.9 Å². The summed E-state index contributed by atoms with van der Waals surface area (Å²) in [7, 11) is -2.04. The number of hydrogen-bond acceptors (Lipinski definition) is 5. The van der Waals surface area contributed by atoms with E-state index in [1.54, 1.807) is 18.3 Å². The topological polar surface area (TPSA) is 88.5 Å². The lowest BCUT2D eigenvalue weighted by Crippen LogP contribution is -2.29. The Bertz CT molecular complexity index is 1660. The standard InChI is InChI=1S/C28H28BrN5O3S2/c1-17-14-22(18(2)33(17)20-9-7-8-19(29)15-20)27-26(23-10-5-6-13-30-23)31-28(38)34(27)21-11-12-25(37-3)24(16-21)32-39(4,35)36/h5-16,26-27,32H,1-4H3,(H,31,38)/t26-,27+/m1/s1. The van der Waals surface area contributed by atoms with Crippen molar-refractivity contribution in [2.75, 3.05) is 23.0 Å². The van der Waals surface area contributed by atoms with Crippen LogP contribution in [0.25, 0.3) is 5.69 Å². The molecule has 0 unspecified atom stereocenters. The summed E-state index contributed by atoms with van der Waals surface area (Å²) in [5.41, 5.74) is 6.16. The van der Waals surface area contributed by atoms with Crippen molar-refractivity contribution in [2.24, 2.45) is 0 Å². The zero-order valence-corrected chi connectivity index (χ0v) is 25.1. The molecule has 5 rings (SSSR count). The molecule has 0 radical (unpaired) electrons. The zero-order chi connectivity index (χ0) is 27.9. The Morgan fingerprint density at radius 2 is 1.85 bits per heavy atom. The maximum Gasteiger partial charge on any atom is 0.229 e. The largest absolute Gasteiger partial charge is 0.495 e. The third-order valence-corrected chi connectivity index (χ3v) is 8.11. The molecule has 8 nitrogen and oxygen atoms in total. The second-order valence-corrected chi connectivity index (χ2v) is 12.4. The van der Waals surface area contributed by atoms with Crippen LogP contribution in [0.15, 0.2) is 77.4 Å². The number of halogens is 1. The van der Waals surface area contributed by atoms with Crippen LogP contribution in [0.1, 0.15) is 34.7 Å². The Hall–Kier alpha value is -3.41. The van der Waals surface area contributed by atoms with Crippen molar-refractivity contribution in [3.8, 4) is 11.4 Å². The van der Waals surface area contributed by atoms with Crippen LogP contribution in [-0.4, -0.2) is 36.4 Å². The lowest BCUT2D eigenvalue weighted by Gasteiger charge is -2.29. The van der Waals surface area contributed by atoms with Crippen LogP contribution in [0.3, 0.4) is 0 Å². The van der Waals surface area contributed by atoms with E-state index in [4.69, 9.17) is 17.0 Å². The number of pyridine rings is 1. The van der Waals surface area contributed by atoms with Gasteiger partial charge >= 0.3 is 0 Å². The molecule has 4 aromatic rings. The molecular weight excluding hydrogens is 598 g/mol. The van der Waals surface area contributed by atoms with Crippen LogP contribution in [0.5, 0.6) is 5.75 Å². The van der Waals surface area contributed by atoms with E-state index in [1.807, 2.05) is 41.3 Å². The molecule has 2 atom stereocenters. The molecule has 1 aliphatic heterocycles. The molecule has 2 aromatic carbocycles. The van der Waals surface area contributed by atoms with Crippen LogP contribution < -0.4 is 19.7 Å². The number of rotatable bonds is 7. The smallest absolute Gasteiger partial charge is 0.229 e. The fourth-order valence-electron chi connectivity index (χ4n) is 5.17. The van der Waals surface area contributed by atoms with Gasteiger partial charge in [0.15, 0.2) is 5.11 Å². The Morgan fingerprint density at radius 3 is 2.51 bits per heavy atom. The van der Waals surface area contributed by atoms with Gasteiger partial charge < -0.3 is 19.5 Å². The van der Waals surface area contributed by atoms with Crippen molar-refractivity contribution in [2.45, 2.75) is 25.9 Å². The lowest BCUT2D eigenvalue weighted by atomic mass is 9.96. The number of nitrogens with zero attached hydrogens (tertiary/aromatic N) is 3. The van der Waals surface area contributed by atoms with Gasteiger partial charge in [0.05, 0.1) is 36.8 Å². The highest BCUT2D eigenvalue weighted by molar-refractivity contribution is 9.10. The molecule has 1 aliphatic rings. The summed E-state index contributed by atoms with van der Waals surface area (Å²) in [5, 5.41) is 3.99. The van der Waals surface area contributed by atoms with Crippen molar-refractivity contribution in [3.63, 3.8) is 0 Å². The molecule has 1 fully saturated rings. The SMILES string of the molecule is COc1ccc(N2C(=S)N[C@H](c3ccccn3)[C@@H]2c2cc(C)n(-c3cccc(Br)c3)c2C)cc1NS(C)(=O)=O. The summed E-state index contributed by atoms with van der Waals surface area (Å²) < 4.78 is 35.4. The number of aromatic nitrogens is 2. The monoisotopic (exact) mass is 625 g/mol. The summed E-state index contributed by atoms with van der Waals surface area (Å²) in [5.74, 6) is 0.410. The Morgan fingerprint density at radius 1 is 1.05 bits per heavy atom. The number of nitrogens with one attached hydrogen (secondary N) is 2. The van der Waals surface area contributed by atoms with Gasteiger partial charge in [-0.25, -0.2) is 8.42 Å². The highest BCUT2D eigenvalue weighted by Gasteiger charge is 2.42. The number of anilines is 2. The molecule has 3 heterocycles. The zero-order valence-electron chi connectivity index (χ0n) is 21.8. The third-order valence-electron chi connectivity index (χ3n) is 6.71. The van der Waals surface area contributed by atoms with Crippen molar-refractivity contribution in [1.29, 1.82) is 0 Å².